The molecule has 0 amide bonds. The number of rotatable bonds is 9. The van der Waals surface area contributed by atoms with Crippen LogP contribution in [0.5, 0.6) is 17.4 Å². The molecule has 1 N–H and O–H groups in total. The Morgan fingerprint density at radius 2 is 1.68 bits per heavy atom. The zero-order valence-corrected chi connectivity index (χ0v) is 20.1. The van der Waals surface area contributed by atoms with Gasteiger partial charge in [-0.2, -0.15) is 4.52 Å². The highest BCUT2D eigenvalue weighted by molar-refractivity contribution is 7.89. The number of nitrogens with zero attached hydrogens (tertiary/aromatic N) is 4. The van der Waals surface area contributed by atoms with Gasteiger partial charge in [-0.1, -0.05) is 0 Å². The van der Waals surface area contributed by atoms with E-state index in [2.05, 4.69) is 20.0 Å². The molecule has 0 aliphatic carbocycles. The molecule has 0 radical (unpaired) electrons. The first-order valence-electron chi connectivity index (χ1n) is 10.5. The molecule has 178 valence electrons. The number of nitrogens with one attached hydrogen (secondary N) is 1. The Hall–Kier alpha value is -3.70. The van der Waals surface area contributed by atoms with Crippen LogP contribution in [0.3, 0.4) is 0 Å². The molecule has 4 aromatic rings. The van der Waals surface area contributed by atoms with E-state index in [1.54, 1.807) is 35.9 Å². The van der Waals surface area contributed by atoms with Gasteiger partial charge in [0.25, 0.3) is 0 Å². The van der Waals surface area contributed by atoms with Crippen LogP contribution in [0, 0.1) is 13.8 Å². The van der Waals surface area contributed by atoms with Crippen LogP contribution in [0.25, 0.3) is 17.0 Å². The van der Waals surface area contributed by atoms with Crippen LogP contribution in [-0.4, -0.2) is 55.6 Å². The summed E-state index contributed by atoms with van der Waals surface area (Å²) >= 11 is 0. The topological polar surface area (TPSA) is 117 Å². The van der Waals surface area contributed by atoms with Gasteiger partial charge in [0, 0.05) is 18.2 Å². The van der Waals surface area contributed by atoms with Gasteiger partial charge in [0.2, 0.25) is 15.9 Å². The van der Waals surface area contributed by atoms with E-state index in [4.69, 9.17) is 14.2 Å². The number of sulfonamides is 1. The molecule has 0 saturated heterocycles. The minimum atomic E-state index is -3.78. The van der Waals surface area contributed by atoms with Crippen molar-refractivity contribution >= 4 is 15.7 Å². The summed E-state index contributed by atoms with van der Waals surface area (Å²) in [5.41, 5.74) is 3.17. The second-order valence-corrected chi connectivity index (χ2v) is 9.26. The first-order valence-corrected chi connectivity index (χ1v) is 12.0. The third-order valence-electron chi connectivity index (χ3n) is 5.30. The van der Waals surface area contributed by atoms with Crippen LogP contribution < -0.4 is 18.9 Å². The van der Waals surface area contributed by atoms with Crippen molar-refractivity contribution in [3.63, 3.8) is 0 Å². The first kappa shape index (κ1) is 23.5. The Bertz CT molecular complexity index is 1420. The van der Waals surface area contributed by atoms with Gasteiger partial charge < -0.3 is 14.2 Å². The highest BCUT2D eigenvalue weighted by atomic mass is 32.2. The molecule has 0 aliphatic rings. The maximum atomic E-state index is 12.8. The van der Waals surface area contributed by atoms with E-state index in [1.807, 2.05) is 38.1 Å². The number of ether oxygens (including phenoxy) is 3. The lowest BCUT2D eigenvalue weighted by molar-refractivity contribution is 0.305. The molecule has 2 aromatic carbocycles. The smallest absolute Gasteiger partial charge is 0.244 e. The monoisotopic (exact) mass is 483 g/mol. The second-order valence-electron chi connectivity index (χ2n) is 7.53. The van der Waals surface area contributed by atoms with Crippen molar-refractivity contribution in [1.82, 2.24) is 24.5 Å². The van der Waals surface area contributed by atoms with Crippen molar-refractivity contribution in [2.24, 2.45) is 0 Å². The summed E-state index contributed by atoms with van der Waals surface area (Å²) in [6, 6.07) is 14.1. The minimum Gasteiger partial charge on any atom is -0.497 e. The minimum absolute atomic E-state index is 0.0473. The summed E-state index contributed by atoms with van der Waals surface area (Å²) in [6.45, 7) is 3.87. The molecule has 10 nitrogen and oxygen atoms in total. The third kappa shape index (κ3) is 4.80. The number of methoxy groups -OCH3 is 2. The number of hydrogen-bond donors (Lipinski definition) is 1. The molecule has 0 saturated carbocycles. The Balaban J connectivity index is 1.44. The molecule has 2 heterocycles. The molecular formula is C23H25N5O5S. The number of hydrogen-bond acceptors (Lipinski definition) is 8. The fourth-order valence-electron chi connectivity index (χ4n) is 3.31. The van der Waals surface area contributed by atoms with Crippen LogP contribution in [0.2, 0.25) is 0 Å². The molecule has 0 aliphatic heterocycles. The van der Waals surface area contributed by atoms with E-state index < -0.39 is 10.0 Å². The fraction of sp³-hybridized carbons (Fsp3) is 0.261. The lowest BCUT2D eigenvalue weighted by Crippen LogP contribution is -2.29. The van der Waals surface area contributed by atoms with E-state index in [0.29, 0.717) is 23.1 Å². The third-order valence-corrected chi connectivity index (χ3v) is 6.78. The molecule has 0 atom stereocenters. The summed E-state index contributed by atoms with van der Waals surface area (Å²) in [5, 5.41) is 12.8. The molecule has 0 spiro atoms. The van der Waals surface area contributed by atoms with Crippen molar-refractivity contribution in [2.45, 2.75) is 18.7 Å². The van der Waals surface area contributed by atoms with Crippen molar-refractivity contribution in [2.75, 3.05) is 27.4 Å². The quantitative estimate of drug-likeness (QED) is 0.361. The van der Waals surface area contributed by atoms with Gasteiger partial charge in [0.15, 0.2) is 11.5 Å². The van der Waals surface area contributed by atoms with Gasteiger partial charge in [-0.15, -0.1) is 15.3 Å². The molecule has 0 bridgehead atoms. The lowest BCUT2D eigenvalue weighted by atomic mass is 10.1. The molecule has 0 fully saturated rings. The van der Waals surface area contributed by atoms with E-state index in [9.17, 15) is 8.42 Å². The summed E-state index contributed by atoms with van der Waals surface area (Å²) in [7, 11) is -0.736. The van der Waals surface area contributed by atoms with E-state index in [-0.39, 0.29) is 18.0 Å². The lowest BCUT2D eigenvalue weighted by Gasteiger charge is -2.13. The molecule has 0 unspecified atom stereocenters. The summed E-state index contributed by atoms with van der Waals surface area (Å²) in [5.74, 6) is 1.88. The zero-order valence-electron chi connectivity index (χ0n) is 19.3. The van der Waals surface area contributed by atoms with Crippen molar-refractivity contribution < 1.29 is 22.6 Å². The SMILES string of the molecule is COc1ccc(-c2nnc3ccc(OCCNS(=O)(=O)c4cc(C)c(C)cc4OC)nn23)cc1. The average molecular weight is 484 g/mol. The summed E-state index contributed by atoms with van der Waals surface area (Å²) in [6.07, 6.45) is 0. The van der Waals surface area contributed by atoms with Crippen LogP contribution in [-0.2, 0) is 10.0 Å². The van der Waals surface area contributed by atoms with Gasteiger partial charge in [0.05, 0.1) is 14.2 Å². The van der Waals surface area contributed by atoms with Crippen LogP contribution in [0.4, 0.5) is 0 Å². The zero-order chi connectivity index (χ0) is 24.3. The van der Waals surface area contributed by atoms with E-state index in [0.717, 1.165) is 22.4 Å². The Labute approximate surface area is 197 Å². The predicted octanol–water partition coefficient (Wildman–Crippen LogP) is 2.78. The van der Waals surface area contributed by atoms with Gasteiger partial charge in [0.1, 0.15) is 23.0 Å². The molecular weight excluding hydrogens is 458 g/mol. The van der Waals surface area contributed by atoms with E-state index >= 15 is 0 Å². The Morgan fingerprint density at radius 1 is 0.941 bits per heavy atom. The fourth-order valence-corrected chi connectivity index (χ4v) is 4.56. The van der Waals surface area contributed by atoms with Crippen molar-refractivity contribution in [3.8, 4) is 28.8 Å². The second kappa shape index (κ2) is 9.65. The average Bonchev–Trinajstić information content (AvgIpc) is 3.26. The van der Waals surface area contributed by atoms with Crippen LogP contribution in [0.1, 0.15) is 11.1 Å². The highest BCUT2D eigenvalue weighted by Crippen LogP contribution is 2.27. The molecule has 11 heteroatoms. The number of fused-ring (bicyclic) bond motifs is 1. The standard InChI is InChI=1S/C23H25N5O5S/c1-15-13-19(32-4)20(14-16(15)2)34(29,30)24-11-12-33-22-10-9-21-25-26-23(28(21)27-22)17-5-7-18(31-3)8-6-17/h5-10,13-14,24H,11-12H2,1-4H3. The highest BCUT2D eigenvalue weighted by Gasteiger charge is 2.20. The van der Waals surface area contributed by atoms with Crippen LogP contribution >= 0.6 is 0 Å². The number of aromatic nitrogens is 4. The van der Waals surface area contributed by atoms with Gasteiger partial charge in [-0.3, -0.25) is 0 Å². The Kier molecular flexibility index (Phi) is 6.66. The largest absolute Gasteiger partial charge is 0.497 e. The van der Waals surface area contributed by atoms with Crippen LogP contribution in [0.15, 0.2) is 53.4 Å². The van der Waals surface area contributed by atoms with Crippen molar-refractivity contribution in [1.29, 1.82) is 0 Å². The molecule has 4 rings (SSSR count). The Morgan fingerprint density at radius 3 is 2.38 bits per heavy atom. The summed E-state index contributed by atoms with van der Waals surface area (Å²) in [4.78, 5) is 0.0891. The normalized spacial score (nSPS) is 11.5. The van der Waals surface area contributed by atoms with Gasteiger partial charge in [-0.05, 0) is 67.4 Å². The molecule has 2 aromatic heterocycles. The number of aryl methyl sites for hydroxylation is 2. The molecule has 34 heavy (non-hydrogen) atoms. The maximum Gasteiger partial charge on any atom is 0.244 e. The van der Waals surface area contributed by atoms with Gasteiger partial charge in [-0.25, -0.2) is 13.1 Å². The summed E-state index contributed by atoms with van der Waals surface area (Å²) < 4.78 is 45.8. The van der Waals surface area contributed by atoms with Gasteiger partial charge >= 0.3 is 0 Å². The predicted molar refractivity (Wildman–Crippen MR) is 126 cm³/mol. The van der Waals surface area contributed by atoms with E-state index in [1.165, 1.54) is 7.11 Å². The number of benzene rings is 2. The first-order chi connectivity index (χ1) is 16.3. The maximum absolute atomic E-state index is 12.8. The van der Waals surface area contributed by atoms with Crippen molar-refractivity contribution in [3.05, 3.63) is 59.7 Å².